The Balaban J connectivity index is 2.29. The number of halogens is 2. The van der Waals surface area contributed by atoms with Crippen LogP contribution in [-0.4, -0.2) is 17.8 Å². The maximum atomic E-state index is 13.3. The first-order chi connectivity index (χ1) is 9.61. The van der Waals surface area contributed by atoms with Crippen molar-refractivity contribution in [3.63, 3.8) is 0 Å². The van der Waals surface area contributed by atoms with Crippen LogP contribution < -0.4 is 4.90 Å². The van der Waals surface area contributed by atoms with Crippen molar-refractivity contribution in [2.45, 2.75) is 19.5 Å². The van der Waals surface area contributed by atoms with Crippen LogP contribution in [0.3, 0.4) is 0 Å². The quantitative estimate of drug-likeness (QED) is 0.905. The van der Waals surface area contributed by atoms with E-state index in [1.807, 2.05) is 42.2 Å². The molecule has 4 heteroatoms. The summed E-state index contributed by atoms with van der Waals surface area (Å²) in [4.78, 5) is 2.00. The number of hydrogen-bond donors (Lipinski definition) is 1. The smallest absolute Gasteiger partial charge is 0.141 e. The largest absolute Gasteiger partial charge is 0.394 e. The van der Waals surface area contributed by atoms with Gasteiger partial charge in [0.25, 0.3) is 0 Å². The van der Waals surface area contributed by atoms with Crippen molar-refractivity contribution >= 4 is 17.3 Å². The molecule has 0 radical (unpaired) electrons. The minimum Gasteiger partial charge on any atom is -0.394 e. The molecule has 2 nitrogen and oxygen atoms in total. The molecule has 1 N–H and O–H groups in total. The third-order valence-electron chi connectivity index (χ3n) is 3.23. The molecule has 106 valence electrons. The Morgan fingerprint density at radius 1 is 1.20 bits per heavy atom. The van der Waals surface area contributed by atoms with Crippen molar-refractivity contribution in [2.24, 2.45) is 0 Å². The molecule has 2 aromatic rings. The number of hydrogen-bond acceptors (Lipinski definition) is 2. The van der Waals surface area contributed by atoms with E-state index in [2.05, 4.69) is 0 Å². The topological polar surface area (TPSA) is 23.5 Å². The van der Waals surface area contributed by atoms with Gasteiger partial charge in [0.2, 0.25) is 0 Å². The fourth-order valence-electron chi connectivity index (χ4n) is 2.04. The number of benzene rings is 2. The molecule has 0 heterocycles. The lowest BCUT2D eigenvalue weighted by molar-refractivity contribution is 0.266. The lowest BCUT2D eigenvalue weighted by Gasteiger charge is -2.30. The minimum absolute atomic E-state index is 0.0157. The summed E-state index contributed by atoms with van der Waals surface area (Å²) in [6, 6.07) is 14.4. The zero-order valence-electron chi connectivity index (χ0n) is 11.3. The van der Waals surface area contributed by atoms with Crippen molar-refractivity contribution < 1.29 is 9.50 Å². The second-order valence-corrected chi connectivity index (χ2v) is 5.15. The van der Waals surface area contributed by atoms with E-state index >= 15 is 0 Å². The molecule has 0 aliphatic rings. The summed E-state index contributed by atoms with van der Waals surface area (Å²) in [5, 5.41) is 9.51. The molecular weight excluding hydrogens is 277 g/mol. The molecule has 2 rings (SSSR count). The Bertz CT molecular complexity index is 562. The van der Waals surface area contributed by atoms with Gasteiger partial charge in [-0.05, 0) is 30.7 Å². The minimum atomic E-state index is -0.438. The van der Waals surface area contributed by atoms with Crippen LogP contribution in [0.25, 0.3) is 0 Å². The van der Waals surface area contributed by atoms with E-state index in [1.54, 1.807) is 12.1 Å². The summed E-state index contributed by atoms with van der Waals surface area (Å²) in [6.45, 7) is 2.56. The average Bonchev–Trinajstić information content (AvgIpc) is 2.48. The molecule has 0 fully saturated rings. The first-order valence-electron chi connectivity index (χ1n) is 6.48. The van der Waals surface area contributed by atoms with Gasteiger partial charge in [-0.3, -0.25) is 0 Å². The van der Waals surface area contributed by atoms with Gasteiger partial charge in [-0.15, -0.1) is 0 Å². The van der Waals surface area contributed by atoms with Gasteiger partial charge in [0.1, 0.15) is 5.82 Å². The fraction of sp³-hybridized carbons (Fsp3) is 0.250. The first-order valence-corrected chi connectivity index (χ1v) is 6.86. The molecule has 20 heavy (non-hydrogen) atoms. The maximum Gasteiger partial charge on any atom is 0.141 e. The molecule has 0 saturated carbocycles. The van der Waals surface area contributed by atoms with Gasteiger partial charge >= 0.3 is 0 Å². The van der Waals surface area contributed by atoms with E-state index in [0.29, 0.717) is 6.54 Å². The standard InChI is InChI=1S/C16H17ClFNO/c1-12(11-20)19(10-13-5-3-2-4-6-13)14-7-8-16(18)15(17)9-14/h2-9,12,20H,10-11H2,1H3/t12-/m0/s1. The van der Waals surface area contributed by atoms with Gasteiger partial charge in [-0.1, -0.05) is 41.9 Å². The van der Waals surface area contributed by atoms with E-state index in [9.17, 15) is 9.50 Å². The van der Waals surface area contributed by atoms with Crippen LogP contribution in [0, 0.1) is 5.82 Å². The normalized spacial score (nSPS) is 12.2. The zero-order chi connectivity index (χ0) is 14.5. The van der Waals surface area contributed by atoms with Gasteiger partial charge in [-0.25, -0.2) is 4.39 Å². The van der Waals surface area contributed by atoms with Crippen molar-refractivity contribution in [3.8, 4) is 0 Å². The number of aliphatic hydroxyl groups excluding tert-OH is 1. The number of anilines is 1. The van der Waals surface area contributed by atoms with E-state index < -0.39 is 5.82 Å². The van der Waals surface area contributed by atoms with E-state index in [0.717, 1.165) is 11.3 Å². The molecule has 0 spiro atoms. The number of aliphatic hydroxyl groups is 1. The molecule has 0 amide bonds. The second-order valence-electron chi connectivity index (χ2n) is 4.74. The van der Waals surface area contributed by atoms with E-state index in [4.69, 9.17) is 11.6 Å². The predicted molar refractivity (Wildman–Crippen MR) is 80.6 cm³/mol. The molecule has 0 aromatic heterocycles. The zero-order valence-corrected chi connectivity index (χ0v) is 12.0. The monoisotopic (exact) mass is 293 g/mol. The molecule has 1 atom stereocenters. The van der Waals surface area contributed by atoms with Crippen LogP contribution in [0.4, 0.5) is 10.1 Å². The van der Waals surface area contributed by atoms with Crippen LogP contribution in [-0.2, 0) is 6.54 Å². The highest BCUT2D eigenvalue weighted by Gasteiger charge is 2.15. The average molecular weight is 294 g/mol. The van der Waals surface area contributed by atoms with Crippen molar-refractivity contribution in [1.29, 1.82) is 0 Å². The summed E-state index contributed by atoms with van der Waals surface area (Å²) in [7, 11) is 0. The highest BCUT2D eigenvalue weighted by Crippen LogP contribution is 2.25. The fourth-order valence-corrected chi connectivity index (χ4v) is 2.22. The van der Waals surface area contributed by atoms with Crippen LogP contribution in [0.15, 0.2) is 48.5 Å². The molecule has 0 unspecified atom stereocenters. The summed E-state index contributed by atoms with van der Waals surface area (Å²) in [5.74, 6) is -0.438. The third-order valence-corrected chi connectivity index (χ3v) is 3.52. The highest BCUT2D eigenvalue weighted by molar-refractivity contribution is 6.31. The molecule has 0 saturated heterocycles. The van der Waals surface area contributed by atoms with Gasteiger partial charge in [-0.2, -0.15) is 0 Å². The van der Waals surface area contributed by atoms with Crippen LogP contribution in [0.5, 0.6) is 0 Å². The predicted octanol–water partition coefficient (Wildman–Crippen LogP) is 3.87. The highest BCUT2D eigenvalue weighted by atomic mass is 35.5. The number of nitrogens with zero attached hydrogens (tertiary/aromatic N) is 1. The molecule has 0 aliphatic carbocycles. The second kappa shape index (κ2) is 6.73. The van der Waals surface area contributed by atoms with Gasteiger partial charge in [0, 0.05) is 18.3 Å². The Morgan fingerprint density at radius 2 is 1.90 bits per heavy atom. The van der Waals surface area contributed by atoms with E-state index in [1.165, 1.54) is 6.07 Å². The summed E-state index contributed by atoms with van der Waals surface area (Å²) in [6.07, 6.45) is 0. The molecule has 0 bridgehead atoms. The van der Waals surface area contributed by atoms with Gasteiger partial charge < -0.3 is 10.0 Å². The molecule has 0 aliphatic heterocycles. The van der Waals surface area contributed by atoms with Crippen molar-refractivity contribution in [3.05, 3.63) is 64.9 Å². The van der Waals surface area contributed by atoms with Gasteiger partial charge in [0.15, 0.2) is 0 Å². The van der Waals surface area contributed by atoms with Crippen LogP contribution in [0.1, 0.15) is 12.5 Å². The Labute approximate surface area is 123 Å². The molecule has 2 aromatic carbocycles. The number of rotatable bonds is 5. The molecular formula is C16H17ClFNO. The SMILES string of the molecule is C[C@@H](CO)N(Cc1ccccc1)c1ccc(F)c(Cl)c1. The summed E-state index contributed by atoms with van der Waals surface area (Å²) in [5.41, 5.74) is 1.91. The Kier molecular flexibility index (Phi) is 4.99. The lowest BCUT2D eigenvalue weighted by atomic mass is 10.1. The van der Waals surface area contributed by atoms with Crippen LogP contribution >= 0.6 is 11.6 Å². The third kappa shape index (κ3) is 3.50. The van der Waals surface area contributed by atoms with E-state index in [-0.39, 0.29) is 17.7 Å². The lowest BCUT2D eigenvalue weighted by Crippen LogP contribution is -2.35. The van der Waals surface area contributed by atoms with Crippen molar-refractivity contribution in [1.82, 2.24) is 0 Å². The Hall–Kier alpha value is -1.58. The summed E-state index contributed by atoms with van der Waals surface area (Å²) >= 11 is 5.84. The summed E-state index contributed by atoms with van der Waals surface area (Å²) < 4.78 is 13.3. The van der Waals surface area contributed by atoms with Crippen molar-refractivity contribution in [2.75, 3.05) is 11.5 Å². The Morgan fingerprint density at radius 3 is 2.50 bits per heavy atom. The first kappa shape index (κ1) is 14.8. The van der Waals surface area contributed by atoms with Crippen LogP contribution in [0.2, 0.25) is 5.02 Å². The van der Waals surface area contributed by atoms with Gasteiger partial charge in [0.05, 0.1) is 11.6 Å². The maximum absolute atomic E-state index is 13.3.